The van der Waals surface area contributed by atoms with Crippen molar-refractivity contribution in [2.75, 3.05) is 6.61 Å². The maximum atomic E-state index is 10.4. The third kappa shape index (κ3) is 4.91. The molecule has 2 aliphatic carbocycles. The van der Waals surface area contributed by atoms with Crippen LogP contribution in [-0.2, 0) is 9.63 Å². The van der Waals surface area contributed by atoms with Crippen LogP contribution in [0.15, 0.2) is 5.16 Å². The molecule has 0 spiro atoms. The number of carbonyl (C=O) groups is 1. The van der Waals surface area contributed by atoms with E-state index in [1.54, 1.807) is 0 Å². The number of oxime groups is 1. The fourth-order valence-corrected chi connectivity index (χ4v) is 3.85. The summed E-state index contributed by atoms with van der Waals surface area (Å²) in [7, 11) is 0. The van der Waals surface area contributed by atoms with Crippen molar-refractivity contribution in [3.05, 3.63) is 0 Å². The van der Waals surface area contributed by atoms with Crippen molar-refractivity contribution in [1.82, 2.24) is 0 Å². The lowest BCUT2D eigenvalue weighted by molar-refractivity contribution is -0.142. The number of aliphatic hydroxyl groups is 2. The number of carboxylic acid groups (broad SMARTS) is 1. The highest BCUT2D eigenvalue weighted by atomic mass is 16.6. The van der Waals surface area contributed by atoms with E-state index >= 15 is 0 Å². The molecule has 6 nitrogen and oxygen atoms in total. The second-order valence-electron chi connectivity index (χ2n) is 6.94. The first-order chi connectivity index (χ1) is 11.0. The standard InChI is InChI=1S/C17H29NO5/c1-2-3-4-5-12(19)7-6-11-8-13-14(17(11)22)9-15(13)18-23-10-16(20)21/h11-14,17,19,22H,2-10H2,1H3,(H,20,21). The van der Waals surface area contributed by atoms with Gasteiger partial charge in [-0.2, -0.15) is 0 Å². The van der Waals surface area contributed by atoms with Crippen LogP contribution < -0.4 is 0 Å². The zero-order valence-corrected chi connectivity index (χ0v) is 13.9. The molecule has 0 aromatic rings. The Hall–Kier alpha value is -1.14. The lowest BCUT2D eigenvalue weighted by Gasteiger charge is -2.33. The molecule has 2 aliphatic rings. The van der Waals surface area contributed by atoms with Gasteiger partial charge in [-0.3, -0.25) is 0 Å². The van der Waals surface area contributed by atoms with Crippen LogP contribution in [0.4, 0.5) is 0 Å². The summed E-state index contributed by atoms with van der Waals surface area (Å²) in [5.41, 5.74) is 0.876. The maximum Gasteiger partial charge on any atom is 0.344 e. The Labute approximate surface area is 137 Å². The Bertz CT molecular complexity index is 425. The lowest BCUT2D eigenvalue weighted by Crippen LogP contribution is -2.38. The Morgan fingerprint density at radius 1 is 1.39 bits per heavy atom. The average molecular weight is 327 g/mol. The average Bonchev–Trinajstić information content (AvgIpc) is 2.73. The van der Waals surface area contributed by atoms with E-state index in [2.05, 4.69) is 12.1 Å². The van der Waals surface area contributed by atoms with Gasteiger partial charge in [-0.15, -0.1) is 0 Å². The van der Waals surface area contributed by atoms with E-state index in [9.17, 15) is 15.0 Å². The van der Waals surface area contributed by atoms with Gasteiger partial charge in [0.1, 0.15) is 0 Å². The summed E-state index contributed by atoms with van der Waals surface area (Å²) in [5, 5.41) is 32.8. The minimum absolute atomic E-state index is 0.206. The maximum absolute atomic E-state index is 10.4. The van der Waals surface area contributed by atoms with E-state index in [1.807, 2.05) is 0 Å². The largest absolute Gasteiger partial charge is 0.479 e. The van der Waals surface area contributed by atoms with Gasteiger partial charge in [-0.05, 0) is 43.9 Å². The Kier molecular flexibility index (Phi) is 6.84. The van der Waals surface area contributed by atoms with Gasteiger partial charge in [-0.1, -0.05) is 31.3 Å². The summed E-state index contributed by atoms with van der Waals surface area (Å²) >= 11 is 0. The summed E-state index contributed by atoms with van der Waals surface area (Å²) in [5.74, 6) is -0.380. The first-order valence-electron chi connectivity index (χ1n) is 8.79. The molecule has 132 valence electrons. The number of aliphatic hydroxyl groups excluding tert-OH is 2. The SMILES string of the molecule is CCCCCC(O)CCC1CC2C(=NOCC(=O)O)CC2C1O. The highest BCUT2D eigenvalue weighted by Crippen LogP contribution is 2.49. The smallest absolute Gasteiger partial charge is 0.344 e. The predicted molar refractivity (Wildman–Crippen MR) is 86.1 cm³/mol. The molecule has 0 aromatic carbocycles. The number of unbranched alkanes of at least 4 members (excludes halogenated alkanes) is 2. The number of aliphatic carboxylic acids is 1. The van der Waals surface area contributed by atoms with E-state index in [0.717, 1.165) is 50.7 Å². The van der Waals surface area contributed by atoms with Crippen LogP contribution >= 0.6 is 0 Å². The zero-order chi connectivity index (χ0) is 16.8. The highest BCUT2D eigenvalue weighted by Gasteiger charge is 2.51. The molecule has 0 aromatic heterocycles. The predicted octanol–water partition coefficient (Wildman–Crippen LogP) is 2.18. The molecule has 5 atom stereocenters. The van der Waals surface area contributed by atoms with Crippen molar-refractivity contribution >= 4 is 11.7 Å². The molecule has 0 amide bonds. The van der Waals surface area contributed by atoms with Crippen molar-refractivity contribution in [1.29, 1.82) is 0 Å². The monoisotopic (exact) mass is 327 g/mol. The van der Waals surface area contributed by atoms with E-state index in [-0.39, 0.29) is 30.0 Å². The van der Waals surface area contributed by atoms with Gasteiger partial charge in [0.15, 0.2) is 0 Å². The molecule has 0 saturated heterocycles. The van der Waals surface area contributed by atoms with Crippen molar-refractivity contribution < 1.29 is 25.0 Å². The number of fused-ring (bicyclic) bond motifs is 1. The Morgan fingerprint density at radius 3 is 2.87 bits per heavy atom. The Morgan fingerprint density at radius 2 is 2.17 bits per heavy atom. The Balaban J connectivity index is 1.71. The molecule has 0 aliphatic heterocycles. The summed E-state index contributed by atoms with van der Waals surface area (Å²) < 4.78 is 0. The molecule has 23 heavy (non-hydrogen) atoms. The van der Waals surface area contributed by atoms with Crippen LogP contribution in [0.25, 0.3) is 0 Å². The molecule has 3 N–H and O–H groups in total. The minimum atomic E-state index is -1.04. The van der Waals surface area contributed by atoms with Crippen molar-refractivity contribution in [3.8, 4) is 0 Å². The topological polar surface area (TPSA) is 99.4 Å². The first-order valence-corrected chi connectivity index (χ1v) is 8.79. The lowest BCUT2D eigenvalue weighted by atomic mass is 9.73. The number of carboxylic acids is 1. The summed E-state index contributed by atoms with van der Waals surface area (Å²) in [6.07, 6.45) is 6.77. The molecule has 2 rings (SSSR count). The van der Waals surface area contributed by atoms with Crippen LogP contribution in [0.1, 0.15) is 58.3 Å². The van der Waals surface area contributed by atoms with Gasteiger partial charge in [0.2, 0.25) is 6.61 Å². The molecular formula is C17H29NO5. The molecule has 6 heteroatoms. The van der Waals surface area contributed by atoms with Gasteiger partial charge in [-0.25, -0.2) is 4.79 Å². The summed E-state index contributed by atoms with van der Waals surface area (Å²) in [4.78, 5) is 15.2. The van der Waals surface area contributed by atoms with E-state index in [1.165, 1.54) is 0 Å². The quantitative estimate of drug-likeness (QED) is 0.422. The van der Waals surface area contributed by atoms with E-state index < -0.39 is 12.6 Å². The molecule has 0 bridgehead atoms. The van der Waals surface area contributed by atoms with Gasteiger partial charge in [0, 0.05) is 5.92 Å². The van der Waals surface area contributed by atoms with Gasteiger partial charge < -0.3 is 20.2 Å². The molecule has 0 heterocycles. The summed E-state index contributed by atoms with van der Waals surface area (Å²) in [6.45, 7) is 1.73. The molecule has 2 saturated carbocycles. The third-order valence-corrected chi connectivity index (χ3v) is 5.25. The summed E-state index contributed by atoms with van der Waals surface area (Å²) in [6, 6.07) is 0. The number of hydrogen-bond acceptors (Lipinski definition) is 5. The number of hydrogen-bond donors (Lipinski definition) is 3. The van der Waals surface area contributed by atoms with Crippen molar-refractivity contribution in [3.63, 3.8) is 0 Å². The normalized spacial score (nSPS) is 32.4. The second-order valence-corrected chi connectivity index (χ2v) is 6.94. The second kappa shape index (κ2) is 8.64. The molecular weight excluding hydrogens is 298 g/mol. The highest BCUT2D eigenvalue weighted by molar-refractivity contribution is 5.93. The van der Waals surface area contributed by atoms with Crippen LogP contribution in [0.2, 0.25) is 0 Å². The number of rotatable bonds is 10. The van der Waals surface area contributed by atoms with Crippen LogP contribution in [0, 0.1) is 17.8 Å². The number of nitrogens with zero attached hydrogens (tertiary/aromatic N) is 1. The third-order valence-electron chi connectivity index (χ3n) is 5.25. The van der Waals surface area contributed by atoms with Crippen LogP contribution in [0.5, 0.6) is 0 Å². The van der Waals surface area contributed by atoms with E-state index in [4.69, 9.17) is 9.94 Å². The minimum Gasteiger partial charge on any atom is -0.479 e. The fraction of sp³-hybridized carbons (Fsp3) is 0.882. The van der Waals surface area contributed by atoms with Crippen molar-refractivity contribution in [2.45, 2.75) is 70.5 Å². The van der Waals surface area contributed by atoms with Gasteiger partial charge in [0.25, 0.3) is 0 Å². The van der Waals surface area contributed by atoms with E-state index in [0.29, 0.717) is 6.42 Å². The fourth-order valence-electron chi connectivity index (χ4n) is 3.85. The molecule has 0 radical (unpaired) electrons. The molecule has 5 unspecified atom stereocenters. The van der Waals surface area contributed by atoms with Crippen LogP contribution in [-0.4, -0.2) is 45.8 Å². The zero-order valence-electron chi connectivity index (χ0n) is 13.9. The first kappa shape index (κ1) is 18.2. The van der Waals surface area contributed by atoms with Crippen LogP contribution in [0.3, 0.4) is 0 Å². The van der Waals surface area contributed by atoms with Gasteiger partial charge in [0.05, 0.1) is 17.9 Å². The van der Waals surface area contributed by atoms with Crippen molar-refractivity contribution in [2.24, 2.45) is 22.9 Å². The molecule has 2 fully saturated rings. The van der Waals surface area contributed by atoms with Gasteiger partial charge >= 0.3 is 5.97 Å².